The van der Waals surface area contributed by atoms with Crippen LogP contribution in [0.4, 0.5) is 0 Å². The Hall–Kier alpha value is -0.183. The Morgan fingerprint density at radius 3 is 0.938 bits per heavy atom. The first-order valence-electron chi connectivity index (χ1n) is 5.87. The zero-order chi connectivity index (χ0) is 10.8. The number of allylic oxidation sites excluding steroid dienone is 12. The van der Waals surface area contributed by atoms with E-state index < -0.39 is 35.5 Å². The molecule has 0 spiro atoms. The maximum absolute atomic E-state index is 2.42. The summed E-state index contributed by atoms with van der Waals surface area (Å²) in [6.07, 6.45) is 27.8. The van der Waals surface area contributed by atoms with Crippen LogP contribution in [0, 0.1) is 35.5 Å². The number of hydrogen-bond acceptors (Lipinski definition) is 0. The minimum absolute atomic E-state index is 0.791. The van der Waals surface area contributed by atoms with E-state index in [1.165, 1.54) is 0 Å². The van der Waals surface area contributed by atoms with Crippen molar-refractivity contribution in [3.8, 4) is 0 Å². The molecule has 16 heavy (non-hydrogen) atoms. The fourth-order valence-electron chi connectivity index (χ4n) is 2.63. The summed E-state index contributed by atoms with van der Waals surface area (Å²) in [7, 11) is 0. The van der Waals surface area contributed by atoms with Crippen LogP contribution in [0.5, 0.6) is 0 Å². The summed E-state index contributed by atoms with van der Waals surface area (Å²) in [5, 5.41) is 0. The zero-order valence-electron chi connectivity index (χ0n) is 9.16. The third kappa shape index (κ3) is 2.11. The second-order valence-electron chi connectivity index (χ2n) is 4.39. The molecule has 0 radical (unpaired) electrons. The van der Waals surface area contributed by atoms with Crippen LogP contribution >= 0.6 is 0 Å². The topological polar surface area (TPSA) is 0 Å². The Morgan fingerprint density at radius 2 is 0.688 bits per heavy atom. The average molecular weight is 335 g/mol. The predicted molar refractivity (Wildman–Crippen MR) is 66.1 cm³/mol. The van der Waals surface area contributed by atoms with Gasteiger partial charge in [0.2, 0.25) is 0 Å². The first-order chi connectivity index (χ1) is 7.95. The molecule has 0 aromatic rings. The van der Waals surface area contributed by atoms with Gasteiger partial charge in [0.05, 0.1) is 0 Å². The van der Waals surface area contributed by atoms with Crippen molar-refractivity contribution in [2.24, 2.45) is 0 Å². The van der Waals surface area contributed by atoms with Gasteiger partial charge in [-0.15, -0.1) is 0 Å². The Morgan fingerprint density at radius 1 is 0.438 bits per heavy atom. The van der Waals surface area contributed by atoms with Crippen molar-refractivity contribution in [2.45, 2.75) is 4.31 Å². The van der Waals surface area contributed by atoms with Crippen molar-refractivity contribution in [1.29, 1.82) is 0 Å². The van der Waals surface area contributed by atoms with Gasteiger partial charge < -0.3 is 0 Å². The van der Waals surface area contributed by atoms with Crippen LogP contribution in [0.2, 0.25) is 4.31 Å². The van der Waals surface area contributed by atoms with Crippen LogP contribution in [0.1, 0.15) is 0 Å². The van der Waals surface area contributed by atoms with E-state index >= 15 is 0 Å². The SMILES string of the molecule is C1=C[CH]([Ce]([CH]2C=CC=C2)[CH]2C=CC=C2)C=C1. The molecule has 3 aliphatic carbocycles. The van der Waals surface area contributed by atoms with Gasteiger partial charge in [0.25, 0.3) is 0 Å². The van der Waals surface area contributed by atoms with Crippen LogP contribution < -0.4 is 0 Å². The molecule has 0 atom stereocenters. The summed E-state index contributed by atoms with van der Waals surface area (Å²) >= 11 is -1.74. The third-order valence-corrected chi connectivity index (χ3v) is 14.3. The van der Waals surface area contributed by atoms with Crippen LogP contribution in [-0.4, -0.2) is 0 Å². The summed E-state index contributed by atoms with van der Waals surface area (Å²) in [4.78, 5) is 0. The quantitative estimate of drug-likeness (QED) is 0.719. The normalized spacial score (nSPS) is 23.2. The van der Waals surface area contributed by atoms with E-state index in [0.29, 0.717) is 0 Å². The van der Waals surface area contributed by atoms with Gasteiger partial charge >= 0.3 is 113 Å². The first kappa shape index (κ1) is 10.9. The van der Waals surface area contributed by atoms with Crippen LogP contribution in [0.25, 0.3) is 0 Å². The Bertz CT molecular complexity index is 332. The molecule has 0 saturated heterocycles. The third-order valence-electron chi connectivity index (χ3n) is 3.40. The second-order valence-corrected chi connectivity index (χ2v) is 13.8. The summed E-state index contributed by atoms with van der Waals surface area (Å²) < 4.78 is 2.37. The molecular weight excluding hydrogens is 320 g/mol. The summed E-state index contributed by atoms with van der Waals surface area (Å²) in [6, 6.07) is 0. The van der Waals surface area contributed by atoms with Gasteiger partial charge in [-0.05, 0) is 0 Å². The van der Waals surface area contributed by atoms with E-state index in [-0.39, 0.29) is 0 Å². The molecule has 0 heterocycles. The molecular formula is C15H15Ce. The van der Waals surface area contributed by atoms with Crippen LogP contribution in [0.3, 0.4) is 0 Å². The van der Waals surface area contributed by atoms with Crippen molar-refractivity contribution in [3.05, 3.63) is 72.9 Å². The molecule has 3 rings (SSSR count). The van der Waals surface area contributed by atoms with Gasteiger partial charge in [0.15, 0.2) is 0 Å². The van der Waals surface area contributed by atoms with Crippen molar-refractivity contribution >= 4 is 0 Å². The van der Waals surface area contributed by atoms with Crippen molar-refractivity contribution in [1.82, 2.24) is 0 Å². The van der Waals surface area contributed by atoms with Crippen molar-refractivity contribution in [3.63, 3.8) is 0 Å². The number of hydrogen-bond donors (Lipinski definition) is 0. The van der Waals surface area contributed by atoms with Crippen LogP contribution in [0.15, 0.2) is 72.9 Å². The van der Waals surface area contributed by atoms with Gasteiger partial charge in [-0.2, -0.15) is 0 Å². The van der Waals surface area contributed by atoms with E-state index in [9.17, 15) is 0 Å². The Balaban J connectivity index is 1.87. The van der Waals surface area contributed by atoms with Crippen molar-refractivity contribution in [2.75, 3.05) is 0 Å². The molecule has 0 aliphatic heterocycles. The zero-order valence-corrected chi connectivity index (χ0v) is 12.3. The Kier molecular flexibility index (Phi) is 3.41. The minimum atomic E-state index is -1.74. The molecule has 1 heteroatoms. The van der Waals surface area contributed by atoms with Gasteiger partial charge in [-0.25, -0.2) is 0 Å². The van der Waals surface area contributed by atoms with Gasteiger partial charge in [0, 0.05) is 0 Å². The van der Waals surface area contributed by atoms with Gasteiger partial charge in [-0.3, -0.25) is 0 Å². The van der Waals surface area contributed by atoms with Crippen molar-refractivity contribution < 1.29 is 35.5 Å². The fourth-order valence-corrected chi connectivity index (χ4v) is 13.1. The summed E-state index contributed by atoms with van der Waals surface area (Å²) in [5.41, 5.74) is 0. The standard InChI is InChI=1S/3C5H5.Ce/c3*1-2-4-5-3-1;/h3*1-5H;. The predicted octanol–water partition coefficient (Wildman–Crippen LogP) is 4.35. The first-order valence-corrected chi connectivity index (χ1v) is 11.3. The molecule has 0 N–H and O–H groups in total. The summed E-state index contributed by atoms with van der Waals surface area (Å²) in [6.45, 7) is 0. The molecule has 0 aromatic carbocycles. The summed E-state index contributed by atoms with van der Waals surface area (Å²) in [5.74, 6) is 0. The van der Waals surface area contributed by atoms with E-state index in [1.807, 2.05) is 0 Å². The van der Waals surface area contributed by atoms with E-state index in [1.54, 1.807) is 0 Å². The molecule has 0 saturated carbocycles. The molecule has 0 unspecified atom stereocenters. The monoisotopic (exact) mass is 335 g/mol. The molecule has 0 bridgehead atoms. The molecule has 0 amide bonds. The molecule has 3 aliphatic rings. The maximum atomic E-state index is 2.42. The second kappa shape index (κ2) is 4.99. The van der Waals surface area contributed by atoms with E-state index in [4.69, 9.17) is 0 Å². The molecule has 0 nitrogen and oxygen atoms in total. The molecule has 0 fully saturated rings. The van der Waals surface area contributed by atoms with E-state index in [2.05, 4.69) is 72.9 Å². The van der Waals surface area contributed by atoms with Gasteiger partial charge in [0.1, 0.15) is 0 Å². The van der Waals surface area contributed by atoms with E-state index in [0.717, 1.165) is 4.31 Å². The number of rotatable bonds is 3. The average Bonchev–Trinajstić information content (AvgIpc) is 3.02. The molecule has 79 valence electrons. The fraction of sp³-hybridized carbons (Fsp3) is 0.200. The Labute approximate surface area is 111 Å². The molecule has 0 aromatic heterocycles. The van der Waals surface area contributed by atoms with Gasteiger partial charge in [-0.1, -0.05) is 0 Å². The van der Waals surface area contributed by atoms with Crippen LogP contribution in [-0.2, 0) is 0 Å².